The van der Waals surface area contributed by atoms with E-state index in [1.807, 2.05) is 0 Å². The first-order chi connectivity index (χ1) is 13.7. The Morgan fingerprint density at radius 2 is 2.21 bits per heavy atom. The number of morpholine rings is 1. The molecule has 4 atom stereocenters. The molecule has 150 valence electrons. The van der Waals surface area contributed by atoms with Crippen LogP contribution in [0.4, 0.5) is 0 Å². The fourth-order valence-corrected chi connectivity index (χ4v) is 5.73. The molecule has 1 aromatic carbocycles. The summed E-state index contributed by atoms with van der Waals surface area (Å²) < 4.78 is 11.0. The fourth-order valence-electron chi connectivity index (χ4n) is 5.73. The van der Waals surface area contributed by atoms with Crippen LogP contribution in [-0.4, -0.2) is 73.4 Å². The molecule has 2 aliphatic heterocycles. The highest BCUT2D eigenvalue weighted by Gasteiger charge is 2.40. The number of rotatable bonds is 5. The number of fused-ring (bicyclic) bond motifs is 2. The molecule has 0 radical (unpaired) electrons. The summed E-state index contributed by atoms with van der Waals surface area (Å²) in [7, 11) is 2.26. The van der Waals surface area contributed by atoms with Crippen molar-refractivity contribution in [1.29, 1.82) is 0 Å². The standard InChI is InChI=1S/C22H29N3O3/c1-24-13-15(10-21(28-14-26)25-5-7-27-8-6-25)9-18-17-3-2-4-19-22(17)16(12-23-19)11-20(18)24/h2-4,12,14-15,18,20-21,23H,5-11,13H2,1H3/t15?,18-,20-,21?/m1/s1. The molecule has 0 bridgehead atoms. The summed E-state index contributed by atoms with van der Waals surface area (Å²) >= 11 is 0. The Hall–Kier alpha value is -1.89. The lowest BCUT2D eigenvalue weighted by molar-refractivity contribution is -0.151. The third-order valence-electron chi connectivity index (χ3n) is 7.01. The zero-order valence-electron chi connectivity index (χ0n) is 16.5. The number of benzene rings is 1. The number of H-pyrrole nitrogens is 1. The number of nitrogens with zero attached hydrogens (tertiary/aromatic N) is 2. The van der Waals surface area contributed by atoms with E-state index in [4.69, 9.17) is 9.47 Å². The molecule has 0 amide bonds. The molecule has 2 saturated heterocycles. The average molecular weight is 383 g/mol. The minimum atomic E-state index is -0.140. The van der Waals surface area contributed by atoms with Crippen LogP contribution in [0, 0.1) is 5.92 Å². The molecule has 1 aromatic heterocycles. The summed E-state index contributed by atoms with van der Waals surface area (Å²) in [6.45, 7) is 4.76. The SMILES string of the molecule is CN1CC(CC(OC=O)N2CCOCC2)C[C@@H]2c3cccc4[nH]cc(c34)C[C@H]21. The van der Waals surface area contributed by atoms with Gasteiger partial charge in [-0.25, -0.2) is 0 Å². The second-order valence-electron chi connectivity index (χ2n) is 8.57. The number of aromatic amines is 1. The first-order valence-electron chi connectivity index (χ1n) is 10.4. The molecule has 0 spiro atoms. The number of piperidine rings is 1. The van der Waals surface area contributed by atoms with Gasteiger partial charge in [0.2, 0.25) is 0 Å². The third-order valence-corrected chi connectivity index (χ3v) is 7.01. The number of carbonyl (C=O) groups is 1. The highest BCUT2D eigenvalue weighted by atomic mass is 16.5. The van der Waals surface area contributed by atoms with Crippen LogP contribution < -0.4 is 0 Å². The van der Waals surface area contributed by atoms with Crippen LogP contribution in [0.5, 0.6) is 0 Å². The van der Waals surface area contributed by atoms with Crippen LogP contribution in [0.3, 0.4) is 0 Å². The van der Waals surface area contributed by atoms with Crippen LogP contribution in [0.2, 0.25) is 0 Å². The van der Waals surface area contributed by atoms with Crippen molar-refractivity contribution in [2.24, 2.45) is 5.92 Å². The second kappa shape index (κ2) is 7.50. The van der Waals surface area contributed by atoms with Crippen LogP contribution in [0.15, 0.2) is 24.4 Å². The number of likely N-dealkylation sites (tertiary alicyclic amines) is 1. The van der Waals surface area contributed by atoms with E-state index in [0.717, 1.165) is 38.9 Å². The van der Waals surface area contributed by atoms with Gasteiger partial charge in [0.15, 0.2) is 6.23 Å². The molecule has 28 heavy (non-hydrogen) atoms. The van der Waals surface area contributed by atoms with Gasteiger partial charge in [-0.2, -0.15) is 0 Å². The Morgan fingerprint density at radius 3 is 3.04 bits per heavy atom. The van der Waals surface area contributed by atoms with Crippen molar-refractivity contribution in [2.75, 3.05) is 39.9 Å². The van der Waals surface area contributed by atoms with Crippen LogP contribution >= 0.6 is 0 Å². The summed E-state index contributed by atoms with van der Waals surface area (Å²) in [6.07, 6.45) is 5.21. The monoisotopic (exact) mass is 383 g/mol. The van der Waals surface area contributed by atoms with Crippen molar-refractivity contribution >= 4 is 17.4 Å². The summed E-state index contributed by atoms with van der Waals surface area (Å²) in [6, 6.07) is 7.22. The maximum absolute atomic E-state index is 11.1. The molecule has 3 aliphatic rings. The molecular formula is C22H29N3O3. The van der Waals surface area contributed by atoms with Gasteiger partial charge in [0.05, 0.1) is 13.2 Å². The van der Waals surface area contributed by atoms with Crippen molar-refractivity contribution in [3.8, 4) is 0 Å². The van der Waals surface area contributed by atoms with E-state index in [9.17, 15) is 4.79 Å². The van der Waals surface area contributed by atoms with E-state index in [0.29, 0.717) is 37.6 Å². The van der Waals surface area contributed by atoms with E-state index in [1.165, 1.54) is 22.0 Å². The second-order valence-corrected chi connectivity index (χ2v) is 8.57. The molecule has 2 aromatic rings. The number of ether oxygens (including phenoxy) is 2. The number of hydrogen-bond donors (Lipinski definition) is 1. The molecule has 5 rings (SSSR count). The van der Waals surface area contributed by atoms with Crippen LogP contribution in [-0.2, 0) is 20.7 Å². The van der Waals surface area contributed by atoms with Crippen molar-refractivity contribution in [3.63, 3.8) is 0 Å². The number of nitrogens with one attached hydrogen (secondary N) is 1. The molecule has 1 N–H and O–H groups in total. The van der Waals surface area contributed by atoms with Gasteiger partial charge in [-0.05, 0) is 43.0 Å². The van der Waals surface area contributed by atoms with Crippen molar-refractivity contribution in [3.05, 3.63) is 35.5 Å². The Morgan fingerprint density at radius 1 is 1.36 bits per heavy atom. The predicted octanol–water partition coefficient (Wildman–Crippen LogP) is 2.35. The maximum Gasteiger partial charge on any atom is 0.294 e. The van der Waals surface area contributed by atoms with E-state index in [1.54, 1.807) is 0 Å². The lowest BCUT2D eigenvalue weighted by atomic mass is 9.72. The van der Waals surface area contributed by atoms with Gasteiger partial charge in [-0.15, -0.1) is 0 Å². The molecule has 0 saturated carbocycles. The van der Waals surface area contributed by atoms with Gasteiger partial charge in [0, 0.05) is 55.1 Å². The van der Waals surface area contributed by atoms with Gasteiger partial charge in [0.1, 0.15) is 0 Å². The normalized spacial score (nSPS) is 29.4. The van der Waals surface area contributed by atoms with Crippen molar-refractivity contribution in [1.82, 2.24) is 14.8 Å². The zero-order valence-corrected chi connectivity index (χ0v) is 16.5. The number of carbonyl (C=O) groups excluding carboxylic acids is 1. The Balaban J connectivity index is 1.38. The fraction of sp³-hybridized carbons (Fsp3) is 0.591. The summed E-state index contributed by atoms with van der Waals surface area (Å²) in [5, 5.41) is 1.44. The minimum Gasteiger partial charge on any atom is -0.449 e. The van der Waals surface area contributed by atoms with E-state index in [2.05, 4.69) is 46.2 Å². The molecule has 2 fully saturated rings. The van der Waals surface area contributed by atoms with Gasteiger partial charge in [-0.1, -0.05) is 12.1 Å². The van der Waals surface area contributed by atoms with Crippen molar-refractivity contribution in [2.45, 2.75) is 37.5 Å². The number of aromatic nitrogens is 1. The quantitative estimate of drug-likeness (QED) is 0.804. The van der Waals surface area contributed by atoms with Gasteiger partial charge in [-0.3, -0.25) is 9.69 Å². The number of likely N-dealkylation sites (N-methyl/N-ethyl adjacent to an activating group) is 1. The number of hydrogen-bond acceptors (Lipinski definition) is 5. The molecule has 3 heterocycles. The summed E-state index contributed by atoms with van der Waals surface area (Å²) in [5.41, 5.74) is 4.19. The first kappa shape index (κ1) is 18.2. The van der Waals surface area contributed by atoms with Crippen LogP contribution in [0.1, 0.15) is 29.9 Å². The summed E-state index contributed by atoms with van der Waals surface area (Å²) in [4.78, 5) is 19.4. The lowest BCUT2D eigenvalue weighted by Crippen LogP contribution is -2.50. The minimum absolute atomic E-state index is 0.140. The first-order valence-corrected chi connectivity index (χ1v) is 10.4. The molecule has 6 nitrogen and oxygen atoms in total. The molecular weight excluding hydrogens is 354 g/mol. The largest absolute Gasteiger partial charge is 0.449 e. The highest BCUT2D eigenvalue weighted by molar-refractivity contribution is 5.88. The Bertz CT molecular complexity index is 845. The average Bonchev–Trinajstić information content (AvgIpc) is 3.14. The van der Waals surface area contributed by atoms with E-state index in [-0.39, 0.29) is 6.23 Å². The molecule has 2 unspecified atom stereocenters. The van der Waals surface area contributed by atoms with Crippen LogP contribution in [0.25, 0.3) is 10.9 Å². The van der Waals surface area contributed by atoms with E-state index < -0.39 is 0 Å². The Labute approximate surface area is 165 Å². The smallest absolute Gasteiger partial charge is 0.294 e. The van der Waals surface area contributed by atoms with Crippen molar-refractivity contribution < 1.29 is 14.3 Å². The summed E-state index contributed by atoms with van der Waals surface area (Å²) in [5.74, 6) is 1.05. The molecule has 1 aliphatic carbocycles. The van der Waals surface area contributed by atoms with E-state index >= 15 is 0 Å². The molecule has 6 heteroatoms. The van der Waals surface area contributed by atoms with Gasteiger partial charge >= 0.3 is 0 Å². The maximum atomic E-state index is 11.1. The van der Waals surface area contributed by atoms with Gasteiger partial charge in [0.25, 0.3) is 6.47 Å². The Kier molecular flexibility index (Phi) is 4.87. The zero-order chi connectivity index (χ0) is 19.1. The predicted molar refractivity (Wildman–Crippen MR) is 107 cm³/mol. The topological polar surface area (TPSA) is 57.8 Å². The van der Waals surface area contributed by atoms with Gasteiger partial charge < -0.3 is 19.4 Å². The highest BCUT2D eigenvalue weighted by Crippen LogP contribution is 2.45. The lowest BCUT2D eigenvalue weighted by Gasteiger charge is -2.46. The third kappa shape index (κ3) is 3.13.